The minimum atomic E-state index is -0.338. The SMILES string of the molecule is CCOC(=O)c1c(NC(=O)N(CC)CC)sc2c1CCN(CC)C2. The van der Waals surface area contributed by atoms with E-state index in [0.717, 1.165) is 36.5 Å². The molecule has 134 valence electrons. The van der Waals surface area contributed by atoms with E-state index in [1.807, 2.05) is 13.8 Å². The molecule has 1 aliphatic rings. The number of carbonyl (C=O) groups is 2. The lowest BCUT2D eigenvalue weighted by molar-refractivity contribution is 0.0526. The first-order valence-electron chi connectivity index (χ1n) is 8.65. The van der Waals surface area contributed by atoms with E-state index in [1.165, 1.54) is 11.3 Å². The van der Waals surface area contributed by atoms with Gasteiger partial charge >= 0.3 is 12.0 Å². The second-order valence-corrected chi connectivity index (χ2v) is 6.75. The Labute approximate surface area is 147 Å². The smallest absolute Gasteiger partial charge is 0.341 e. The third-order valence-corrected chi connectivity index (χ3v) is 5.47. The normalized spacial score (nSPS) is 14.2. The van der Waals surface area contributed by atoms with Crippen LogP contribution in [0.1, 0.15) is 48.5 Å². The molecule has 1 N–H and O–H groups in total. The lowest BCUT2D eigenvalue weighted by Gasteiger charge is -2.25. The number of hydrogen-bond donors (Lipinski definition) is 1. The summed E-state index contributed by atoms with van der Waals surface area (Å²) in [6.45, 7) is 12.1. The number of anilines is 1. The molecule has 7 heteroatoms. The van der Waals surface area contributed by atoms with Crippen LogP contribution in [0.15, 0.2) is 0 Å². The van der Waals surface area contributed by atoms with Crippen molar-refractivity contribution in [2.75, 3.05) is 38.1 Å². The quantitative estimate of drug-likeness (QED) is 0.798. The fourth-order valence-electron chi connectivity index (χ4n) is 2.92. The molecule has 0 aromatic carbocycles. The van der Waals surface area contributed by atoms with E-state index in [2.05, 4.69) is 17.1 Å². The lowest BCUT2D eigenvalue weighted by atomic mass is 10.0. The molecule has 0 atom stereocenters. The minimum Gasteiger partial charge on any atom is -0.462 e. The highest BCUT2D eigenvalue weighted by molar-refractivity contribution is 7.17. The Kier molecular flexibility index (Phi) is 6.62. The summed E-state index contributed by atoms with van der Waals surface area (Å²) < 4.78 is 5.23. The first-order valence-corrected chi connectivity index (χ1v) is 9.47. The zero-order valence-corrected chi connectivity index (χ0v) is 15.8. The minimum absolute atomic E-state index is 0.170. The second kappa shape index (κ2) is 8.48. The maximum atomic E-state index is 12.4. The Morgan fingerprint density at radius 1 is 1.25 bits per heavy atom. The van der Waals surface area contributed by atoms with Crippen molar-refractivity contribution in [3.05, 3.63) is 16.0 Å². The molecule has 0 radical (unpaired) electrons. The highest BCUT2D eigenvalue weighted by atomic mass is 32.1. The molecule has 1 aromatic heterocycles. The van der Waals surface area contributed by atoms with Crippen LogP contribution in [0.2, 0.25) is 0 Å². The number of thiophene rings is 1. The van der Waals surface area contributed by atoms with Crippen LogP contribution >= 0.6 is 11.3 Å². The van der Waals surface area contributed by atoms with E-state index in [-0.39, 0.29) is 12.0 Å². The van der Waals surface area contributed by atoms with Crippen molar-refractivity contribution in [1.29, 1.82) is 0 Å². The predicted molar refractivity (Wildman–Crippen MR) is 96.9 cm³/mol. The van der Waals surface area contributed by atoms with Crippen LogP contribution < -0.4 is 5.32 Å². The third-order valence-electron chi connectivity index (χ3n) is 4.33. The van der Waals surface area contributed by atoms with Gasteiger partial charge in [0.15, 0.2) is 0 Å². The van der Waals surface area contributed by atoms with Gasteiger partial charge in [-0.2, -0.15) is 0 Å². The molecule has 2 rings (SSSR count). The van der Waals surface area contributed by atoms with Gasteiger partial charge in [-0.15, -0.1) is 11.3 Å². The number of likely N-dealkylation sites (N-methyl/N-ethyl adjacent to an activating group) is 1. The lowest BCUT2D eigenvalue weighted by Crippen LogP contribution is -2.34. The summed E-state index contributed by atoms with van der Waals surface area (Å²) in [7, 11) is 0. The standard InChI is InChI=1S/C17H27N3O3S/c1-5-19-10-9-12-13(11-19)24-15(14(12)16(21)23-8-4)18-17(22)20(6-2)7-3/h5-11H2,1-4H3,(H,18,22). The molecule has 0 fully saturated rings. The molecule has 2 heterocycles. The molecular weight excluding hydrogens is 326 g/mol. The van der Waals surface area contributed by atoms with Crippen molar-refractivity contribution in [2.45, 2.75) is 40.7 Å². The first kappa shape index (κ1) is 18.7. The molecule has 1 aromatic rings. The Balaban J connectivity index is 2.34. The van der Waals surface area contributed by atoms with E-state index in [1.54, 1.807) is 11.8 Å². The van der Waals surface area contributed by atoms with Gasteiger partial charge in [0.1, 0.15) is 5.00 Å². The monoisotopic (exact) mass is 353 g/mol. The largest absolute Gasteiger partial charge is 0.462 e. The van der Waals surface area contributed by atoms with Gasteiger partial charge in [0.05, 0.1) is 12.2 Å². The van der Waals surface area contributed by atoms with Crippen molar-refractivity contribution < 1.29 is 14.3 Å². The average Bonchev–Trinajstić information content (AvgIpc) is 2.92. The highest BCUT2D eigenvalue weighted by Crippen LogP contribution is 2.37. The van der Waals surface area contributed by atoms with Gasteiger partial charge in [-0.1, -0.05) is 6.92 Å². The fraction of sp³-hybridized carbons (Fsp3) is 0.647. The Morgan fingerprint density at radius 2 is 1.96 bits per heavy atom. The third kappa shape index (κ3) is 3.89. The zero-order chi connectivity index (χ0) is 17.7. The van der Waals surface area contributed by atoms with Gasteiger partial charge in [-0.25, -0.2) is 9.59 Å². The van der Waals surface area contributed by atoms with E-state index in [4.69, 9.17) is 4.74 Å². The molecule has 0 bridgehead atoms. The number of carbonyl (C=O) groups excluding carboxylic acids is 2. The van der Waals surface area contributed by atoms with Crippen molar-refractivity contribution in [1.82, 2.24) is 9.80 Å². The molecule has 0 aliphatic carbocycles. The van der Waals surface area contributed by atoms with Gasteiger partial charge in [0.2, 0.25) is 0 Å². The van der Waals surface area contributed by atoms with E-state index in [9.17, 15) is 9.59 Å². The summed E-state index contributed by atoms with van der Waals surface area (Å²) in [5.41, 5.74) is 1.59. The van der Waals surface area contributed by atoms with Crippen LogP contribution in [0.3, 0.4) is 0 Å². The Morgan fingerprint density at radius 3 is 2.54 bits per heavy atom. The van der Waals surface area contributed by atoms with Gasteiger partial charge in [0, 0.05) is 31.1 Å². The van der Waals surface area contributed by atoms with Crippen molar-refractivity contribution in [3.8, 4) is 0 Å². The number of urea groups is 1. The van der Waals surface area contributed by atoms with Gasteiger partial charge < -0.3 is 9.64 Å². The molecule has 24 heavy (non-hydrogen) atoms. The summed E-state index contributed by atoms with van der Waals surface area (Å²) in [5, 5.41) is 3.55. The summed E-state index contributed by atoms with van der Waals surface area (Å²) in [6.07, 6.45) is 0.814. The number of nitrogens with one attached hydrogen (secondary N) is 1. The molecule has 0 saturated carbocycles. The van der Waals surface area contributed by atoms with Crippen molar-refractivity contribution in [2.24, 2.45) is 0 Å². The Hall–Kier alpha value is -1.60. The number of ether oxygens (including phenoxy) is 1. The summed E-state index contributed by atoms with van der Waals surface area (Å²) in [6, 6.07) is -0.170. The number of nitrogens with zero attached hydrogens (tertiary/aromatic N) is 2. The van der Waals surface area contributed by atoms with E-state index in [0.29, 0.717) is 30.3 Å². The van der Waals surface area contributed by atoms with Crippen LogP contribution in [0, 0.1) is 0 Å². The van der Waals surface area contributed by atoms with Crippen molar-refractivity contribution in [3.63, 3.8) is 0 Å². The van der Waals surface area contributed by atoms with Crippen LogP contribution in [0.25, 0.3) is 0 Å². The number of hydrogen-bond acceptors (Lipinski definition) is 5. The van der Waals surface area contributed by atoms with Gasteiger partial charge in [0.25, 0.3) is 0 Å². The van der Waals surface area contributed by atoms with Crippen LogP contribution in [0.4, 0.5) is 9.80 Å². The summed E-state index contributed by atoms with van der Waals surface area (Å²) in [5.74, 6) is -0.338. The molecule has 1 aliphatic heterocycles. The fourth-order valence-corrected chi connectivity index (χ4v) is 4.19. The van der Waals surface area contributed by atoms with Gasteiger partial charge in [-0.05, 0) is 39.3 Å². The molecule has 0 spiro atoms. The molecule has 0 unspecified atom stereocenters. The maximum absolute atomic E-state index is 12.4. The average molecular weight is 353 g/mol. The topological polar surface area (TPSA) is 61.9 Å². The maximum Gasteiger partial charge on any atom is 0.341 e. The molecule has 2 amide bonds. The number of fused-ring (bicyclic) bond motifs is 1. The van der Waals surface area contributed by atoms with Crippen LogP contribution in [-0.4, -0.2) is 54.6 Å². The van der Waals surface area contributed by atoms with Crippen LogP contribution in [-0.2, 0) is 17.7 Å². The van der Waals surface area contributed by atoms with Crippen molar-refractivity contribution >= 4 is 28.3 Å². The second-order valence-electron chi connectivity index (χ2n) is 5.65. The number of amides is 2. The number of rotatable bonds is 6. The van der Waals surface area contributed by atoms with E-state index < -0.39 is 0 Å². The first-order chi connectivity index (χ1) is 11.5. The van der Waals surface area contributed by atoms with Crippen LogP contribution in [0.5, 0.6) is 0 Å². The molecule has 6 nitrogen and oxygen atoms in total. The Bertz CT molecular complexity index is 596. The molecular formula is C17H27N3O3S. The van der Waals surface area contributed by atoms with E-state index >= 15 is 0 Å². The predicted octanol–water partition coefficient (Wildman–Crippen LogP) is 3.18. The summed E-state index contributed by atoms with van der Waals surface area (Å²) in [4.78, 5) is 30.0. The zero-order valence-electron chi connectivity index (χ0n) is 15.0. The molecule has 0 saturated heterocycles. The summed E-state index contributed by atoms with van der Waals surface area (Å²) >= 11 is 1.50. The number of esters is 1. The highest BCUT2D eigenvalue weighted by Gasteiger charge is 2.29. The van der Waals surface area contributed by atoms with Gasteiger partial charge in [-0.3, -0.25) is 10.2 Å².